The van der Waals surface area contributed by atoms with Crippen LogP contribution < -0.4 is 0 Å². The standard InChI is InChI=1S/C19H26NO2/c1-6-17(16-12-10-9-11-13-16)20(7-2,8-3)18(14-21)19(22)15(4)5/h6,9-14,17-18H,1,4,7-8H2,2-3,5H3/q+1. The Labute approximate surface area is 133 Å². The Kier molecular flexibility index (Phi) is 6.44. The molecule has 2 unspecified atom stereocenters. The van der Waals surface area contributed by atoms with Crippen molar-refractivity contribution in [2.24, 2.45) is 0 Å². The van der Waals surface area contributed by atoms with Gasteiger partial charge in [0.15, 0.2) is 6.29 Å². The number of rotatable bonds is 9. The van der Waals surface area contributed by atoms with Crippen molar-refractivity contribution in [3.8, 4) is 0 Å². The second kappa shape index (κ2) is 7.85. The van der Waals surface area contributed by atoms with E-state index in [2.05, 4.69) is 13.2 Å². The smallest absolute Gasteiger partial charge is 0.222 e. The predicted octanol–water partition coefficient (Wildman–Crippen LogP) is 3.48. The molecular formula is C19H26NO2+. The van der Waals surface area contributed by atoms with Crippen molar-refractivity contribution in [1.82, 2.24) is 0 Å². The van der Waals surface area contributed by atoms with E-state index in [0.29, 0.717) is 23.1 Å². The lowest BCUT2D eigenvalue weighted by atomic mass is 9.95. The Balaban J connectivity index is 3.45. The third-order valence-corrected chi connectivity index (χ3v) is 4.47. The molecule has 118 valence electrons. The SMILES string of the molecule is C=CC(c1ccccc1)[N+](CC)(CC)C(C=O)C(=O)C(=C)C. The minimum atomic E-state index is -0.754. The first-order chi connectivity index (χ1) is 10.5. The van der Waals surface area contributed by atoms with Gasteiger partial charge in [-0.2, -0.15) is 0 Å². The molecule has 0 saturated carbocycles. The highest BCUT2D eigenvalue weighted by Crippen LogP contribution is 2.33. The van der Waals surface area contributed by atoms with Crippen LogP contribution in [0.4, 0.5) is 0 Å². The number of hydrogen-bond donors (Lipinski definition) is 0. The molecule has 0 radical (unpaired) electrons. The van der Waals surface area contributed by atoms with E-state index in [1.165, 1.54) is 0 Å². The summed E-state index contributed by atoms with van der Waals surface area (Å²) in [5.74, 6) is -0.193. The third-order valence-electron chi connectivity index (χ3n) is 4.47. The number of benzene rings is 1. The van der Waals surface area contributed by atoms with Crippen LogP contribution in [0.1, 0.15) is 32.4 Å². The predicted molar refractivity (Wildman–Crippen MR) is 90.4 cm³/mol. The fraction of sp³-hybridized carbons (Fsp3) is 0.368. The molecule has 3 heteroatoms. The van der Waals surface area contributed by atoms with Crippen molar-refractivity contribution in [2.45, 2.75) is 32.9 Å². The third kappa shape index (κ3) is 3.25. The van der Waals surface area contributed by atoms with E-state index in [4.69, 9.17) is 0 Å². The molecular weight excluding hydrogens is 274 g/mol. The van der Waals surface area contributed by atoms with Crippen LogP contribution in [0, 0.1) is 0 Å². The molecule has 22 heavy (non-hydrogen) atoms. The summed E-state index contributed by atoms with van der Waals surface area (Å²) in [6, 6.07) is 9.03. The van der Waals surface area contributed by atoms with Gasteiger partial charge in [0.2, 0.25) is 11.8 Å². The zero-order valence-corrected chi connectivity index (χ0v) is 13.8. The summed E-state index contributed by atoms with van der Waals surface area (Å²) < 4.78 is 0.336. The van der Waals surface area contributed by atoms with Gasteiger partial charge in [-0.3, -0.25) is 14.1 Å². The van der Waals surface area contributed by atoms with Crippen LogP contribution in [0.15, 0.2) is 55.1 Å². The van der Waals surface area contributed by atoms with Crippen LogP contribution in [0.5, 0.6) is 0 Å². The molecule has 0 aliphatic carbocycles. The molecule has 0 aromatic heterocycles. The van der Waals surface area contributed by atoms with Crippen molar-refractivity contribution in [3.63, 3.8) is 0 Å². The lowest BCUT2D eigenvalue weighted by Gasteiger charge is -2.45. The molecule has 0 amide bonds. The maximum atomic E-state index is 12.5. The maximum absolute atomic E-state index is 12.5. The number of hydrogen-bond acceptors (Lipinski definition) is 2. The van der Waals surface area contributed by atoms with E-state index in [-0.39, 0.29) is 11.8 Å². The Bertz CT molecular complexity index is 544. The quantitative estimate of drug-likeness (QED) is 0.230. The van der Waals surface area contributed by atoms with E-state index < -0.39 is 6.04 Å². The fourth-order valence-electron chi connectivity index (χ4n) is 3.15. The Morgan fingerprint density at radius 2 is 1.77 bits per heavy atom. The monoisotopic (exact) mass is 300 g/mol. The summed E-state index contributed by atoms with van der Waals surface area (Å²) in [6.45, 7) is 14.7. The lowest BCUT2D eigenvalue weighted by molar-refractivity contribution is -0.953. The normalized spacial score (nSPS) is 14.0. The number of carbonyl (C=O) groups is 2. The van der Waals surface area contributed by atoms with Gasteiger partial charge in [0.05, 0.1) is 13.1 Å². The topological polar surface area (TPSA) is 34.1 Å². The van der Waals surface area contributed by atoms with Crippen LogP contribution in [0.3, 0.4) is 0 Å². The molecule has 1 rings (SSSR count). The summed E-state index contributed by atoms with van der Waals surface area (Å²) in [4.78, 5) is 24.3. The minimum Gasteiger partial charge on any atom is -0.300 e. The van der Waals surface area contributed by atoms with Gasteiger partial charge >= 0.3 is 0 Å². The zero-order chi connectivity index (χ0) is 16.8. The number of quaternary nitrogens is 1. The summed E-state index contributed by atoms with van der Waals surface area (Å²) >= 11 is 0. The first-order valence-corrected chi connectivity index (χ1v) is 7.67. The molecule has 0 bridgehead atoms. The van der Waals surface area contributed by atoms with Crippen LogP contribution >= 0.6 is 0 Å². The largest absolute Gasteiger partial charge is 0.300 e. The van der Waals surface area contributed by atoms with Gasteiger partial charge in [-0.05, 0) is 32.4 Å². The molecule has 0 aliphatic rings. The van der Waals surface area contributed by atoms with Crippen molar-refractivity contribution in [3.05, 3.63) is 60.7 Å². The fourth-order valence-corrected chi connectivity index (χ4v) is 3.15. The van der Waals surface area contributed by atoms with E-state index in [1.54, 1.807) is 6.92 Å². The number of ketones is 1. The molecule has 0 N–H and O–H groups in total. The van der Waals surface area contributed by atoms with Crippen molar-refractivity contribution in [2.75, 3.05) is 13.1 Å². The van der Waals surface area contributed by atoms with Crippen molar-refractivity contribution >= 4 is 12.1 Å². The number of nitrogens with zero attached hydrogens (tertiary/aromatic N) is 1. The molecule has 1 aromatic carbocycles. The van der Waals surface area contributed by atoms with Crippen molar-refractivity contribution in [1.29, 1.82) is 0 Å². The highest BCUT2D eigenvalue weighted by molar-refractivity contribution is 6.06. The Morgan fingerprint density at radius 3 is 2.14 bits per heavy atom. The average Bonchev–Trinajstić information content (AvgIpc) is 2.55. The highest BCUT2D eigenvalue weighted by Gasteiger charge is 2.44. The van der Waals surface area contributed by atoms with Gasteiger partial charge in [-0.25, -0.2) is 0 Å². The molecule has 0 spiro atoms. The summed E-state index contributed by atoms with van der Waals surface area (Å²) in [6.07, 6.45) is 2.61. The number of likely N-dealkylation sites (N-methyl/N-ethyl adjacent to an activating group) is 1. The first kappa shape index (κ1) is 18.1. The molecule has 0 heterocycles. The zero-order valence-electron chi connectivity index (χ0n) is 13.8. The highest BCUT2D eigenvalue weighted by atomic mass is 16.1. The van der Waals surface area contributed by atoms with E-state index in [9.17, 15) is 9.59 Å². The van der Waals surface area contributed by atoms with Gasteiger partial charge in [-0.15, -0.1) is 0 Å². The van der Waals surface area contributed by atoms with E-state index >= 15 is 0 Å². The molecule has 3 nitrogen and oxygen atoms in total. The summed E-state index contributed by atoms with van der Waals surface area (Å²) in [5.41, 5.74) is 1.47. The van der Waals surface area contributed by atoms with Gasteiger partial charge in [0.25, 0.3) is 0 Å². The second-order valence-corrected chi connectivity index (χ2v) is 5.55. The number of Topliss-reactive ketones (excluding diaryl/α,β-unsaturated/α-hetero) is 1. The summed E-state index contributed by atoms with van der Waals surface area (Å²) in [5, 5.41) is 0. The Hall–Kier alpha value is -2.00. The Morgan fingerprint density at radius 1 is 1.23 bits per heavy atom. The molecule has 0 fully saturated rings. The van der Waals surface area contributed by atoms with Gasteiger partial charge in [0, 0.05) is 5.56 Å². The van der Waals surface area contributed by atoms with E-state index in [1.807, 2.05) is 50.3 Å². The van der Waals surface area contributed by atoms with Crippen LogP contribution in [0.2, 0.25) is 0 Å². The van der Waals surface area contributed by atoms with Crippen LogP contribution in [0.25, 0.3) is 0 Å². The number of carbonyl (C=O) groups excluding carboxylic acids is 2. The van der Waals surface area contributed by atoms with Gasteiger partial charge in [0.1, 0.15) is 6.04 Å². The lowest BCUT2D eigenvalue weighted by Crippen LogP contribution is -2.60. The second-order valence-electron chi connectivity index (χ2n) is 5.55. The first-order valence-electron chi connectivity index (χ1n) is 7.67. The maximum Gasteiger partial charge on any atom is 0.222 e. The summed E-state index contributed by atoms with van der Waals surface area (Å²) in [7, 11) is 0. The van der Waals surface area contributed by atoms with Crippen molar-refractivity contribution < 1.29 is 14.1 Å². The van der Waals surface area contributed by atoms with Gasteiger partial charge < -0.3 is 0 Å². The molecule has 1 aromatic rings. The average molecular weight is 300 g/mol. The van der Waals surface area contributed by atoms with Gasteiger partial charge in [-0.1, -0.05) is 43.5 Å². The molecule has 0 saturated heterocycles. The number of aldehydes is 1. The van der Waals surface area contributed by atoms with Crippen LogP contribution in [-0.2, 0) is 9.59 Å². The molecule has 0 aliphatic heterocycles. The molecule has 2 atom stereocenters. The minimum absolute atomic E-state index is 0.116. The van der Waals surface area contributed by atoms with E-state index in [0.717, 1.165) is 11.8 Å². The van der Waals surface area contributed by atoms with Crippen LogP contribution in [-0.4, -0.2) is 35.7 Å².